The highest BCUT2D eigenvalue weighted by molar-refractivity contribution is 5.28. The lowest BCUT2D eigenvalue weighted by atomic mass is 9.80. The van der Waals surface area contributed by atoms with Crippen molar-refractivity contribution in [2.45, 2.75) is 44.6 Å². The number of benzene rings is 1. The lowest BCUT2D eigenvalue weighted by Gasteiger charge is -2.26. The second-order valence-electron chi connectivity index (χ2n) is 5.00. The van der Waals surface area contributed by atoms with Gasteiger partial charge in [-0.2, -0.15) is 0 Å². The first kappa shape index (κ1) is 13.5. The van der Waals surface area contributed by atoms with Gasteiger partial charge in [0.1, 0.15) is 0 Å². The molecule has 0 aliphatic heterocycles. The molecule has 3 N–H and O–H groups in total. The molecule has 0 saturated heterocycles. The summed E-state index contributed by atoms with van der Waals surface area (Å²) in [5.74, 6) is 6.41. The second kappa shape index (κ2) is 6.88. The fourth-order valence-corrected chi connectivity index (χ4v) is 2.43. The van der Waals surface area contributed by atoms with E-state index in [1.165, 1.54) is 30.4 Å². The molecule has 100 valence electrons. The van der Waals surface area contributed by atoms with Crippen LogP contribution in [0.5, 0.6) is 0 Å². The summed E-state index contributed by atoms with van der Waals surface area (Å²) in [6.45, 7) is 3.52. The second-order valence-corrected chi connectivity index (χ2v) is 5.00. The topological polar surface area (TPSA) is 47.3 Å². The minimum absolute atomic E-state index is 0.187. The van der Waals surface area contributed by atoms with Crippen molar-refractivity contribution in [2.24, 2.45) is 5.84 Å². The number of nitrogens with one attached hydrogen (secondary N) is 1. The average Bonchev–Trinajstić information content (AvgIpc) is 2.34. The van der Waals surface area contributed by atoms with Crippen molar-refractivity contribution < 1.29 is 4.74 Å². The Kier molecular flexibility index (Phi) is 5.17. The average molecular weight is 248 g/mol. The lowest BCUT2D eigenvalue weighted by Crippen LogP contribution is -2.29. The molecule has 1 saturated carbocycles. The van der Waals surface area contributed by atoms with Crippen molar-refractivity contribution in [1.29, 1.82) is 0 Å². The summed E-state index contributed by atoms with van der Waals surface area (Å²) >= 11 is 0. The van der Waals surface area contributed by atoms with Gasteiger partial charge in [-0.15, -0.1) is 0 Å². The molecule has 0 aromatic heterocycles. The van der Waals surface area contributed by atoms with Gasteiger partial charge in [0.2, 0.25) is 0 Å². The van der Waals surface area contributed by atoms with Crippen LogP contribution in [0.3, 0.4) is 0 Å². The van der Waals surface area contributed by atoms with Crippen molar-refractivity contribution in [3.05, 3.63) is 35.4 Å². The van der Waals surface area contributed by atoms with E-state index in [1.54, 1.807) is 0 Å². The SMILES string of the molecule is CCOCCC(NN)c1ccc(C2CCC2)cc1. The molecular formula is C15H24N2O. The molecule has 3 heteroatoms. The van der Waals surface area contributed by atoms with Crippen LogP contribution in [-0.2, 0) is 4.74 Å². The summed E-state index contributed by atoms with van der Waals surface area (Å²) < 4.78 is 5.38. The zero-order valence-electron chi connectivity index (χ0n) is 11.2. The first-order valence-corrected chi connectivity index (χ1v) is 6.99. The van der Waals surface area contributed by atoms with Gasteiger partial charge in [-0.25, -0.2) is 0 Å². The van der Waals surface area contributed by atoms with Crippen molar-refractivity contribution >= 4 is 0 Å². The van der Waals surface area contributed by atoms with Crippen LogP contribution in [-0.4, -0.2) is 13.2 Å². The lowest BCUT2D eigenvalue weighted by molar-refractivity contribution is 0.136. The highest BCUT2D eigenvalue weighted by Crippen LogP contribution is 2.36. The van der Waals surface area contributed by atoms with Crippen molar-refractivity contribution in [3.8, 4) is 0 Å². The van der Waals surface area contributed by atoms with Gasteiger partial charge in [-0.1, -0.05) is 30.7 Å². The van der Waals surface area contributed by atoms with Crippen molar-refractivity contribution in [3.63, 3.8) is 0 Å². The summed E-state index contributed by atoms with van der Waals surface area (Å²) in [5, 5.41) is 0. The van der Waals surface area contributed by atoms with Gasteiger partial charge in [0.25, 0.3) is 0 Å². The van der Waals surface area contributed by atoms with E-state index in [9.17, 15) is 0 Å². The van der Waals surface area contributed by atoms with Gasteiger partial charge < -0.3 is 4.74 Å². The highest BCUT2D eigenvalue weighted by Gasteiger charge is 2.19. The van der Waals surface area contributed by atoms with Crippen LogP contribution in [0.2, 0.25) is 0 Å². The molecule has 0 heterocycles. The number of ether oxygens (including phenoxy) is 1. The van der Waals surface area contributed by atoms with Crippen LogP contribution in [0.4, 0.5) is 0 Å². The molecule has 1 unspecified atom stereocenters. The third-order valence-electron chi connectivity index (χ3n) is 3.87. The van der Waals surface area contributed by atoms with Gasteiger partial charge in [-0.3, -0.25) is 11.3 Å². The Morgan fingerprint density at radius 1 is 1.33 bits per heavy atom. The van der Waals surface area contributed by atoms with Crippen LogP contribution in [0.25, 0.3) is 0 Å². The molecule has 2 rings (SSSR count). The number of hydrogen-bond donors (Lipinski definition) is 2. The summed E-state index contributed by atoms with van der Waals surface area (Å²) in [5.41, 5.74) is 5.60. The largest absolute Gasteiger partial charge is 0.382 e. The van der Waals surface area contributed by atoms with Crippen molar-refractivity contribution in [1.82, 2.24) is 5.43 Å². The summed E-state index contributed by atoms with van der Waals surface area (Å²) in [7, 11) is 0. The van der Waals surface area contributed by atoms with Crippen LogP contribution in [0, 0.1) is 0 Å². The minimum atomic E-state index is 0.187. The fraction of sp³-hybridized carbons (Fsp3) is 0.600. The van der Waals surface area contributed by atoms with Crippen LogP contribution in [0.1, 0.15) is 55.7 Å². The smallest absolute Gasteiger partial charge is 0.0484 e. The monoisotopic (exact) mass is 248 g/mol. The minimum Gasteiger partial charge on any atom is -0.382 e. The van der Waals surface area contributed by atoms with Crippen LogP contribution < -0.4 is 11.3 Å². The van der Waals surface area contributed by atoms with E-state index < -0.39 is 0 Å². The molecule has 1 fully saturated rings. The maximum absolute atomic E-state index is 5.62. The molecule has 0 radical (unpaired) electrons. The van der Waals surface area contributed by atoms with Gasteiger partial charge in [-0.05, 0) is 43.2 Å². The summed E-state index contributed by atoms with van der Waals surface area (Å²) in [6, 6.07) is 9.09. The van der Waals surface area contributed by atoms with Crippen molar-refractivity contribution in [2.75, 3.05) is 13.2 Å². The molecule has 0 spiro atoms. The van der Waals surface area contributed by atoms with Gasteiger partial charge in [0, 0.05) is 19.3 Å². The van der Waals surface area contributed by atoms with E-state index in [4.69, 9.17) is 10.6 Å². The van der Waals surface area contributed by atoms with E-state index >= 15 is 0 Å². The number of nitrogens with two attached hydrogens (primary N) is 1. The molecule has 0 amide bonds. The Balaban J connectivity index is 1.93. The molecule has 0 bridgehead atoms. The molecule has 1 aromatic carbocycles. The van der Waals surface area contributed by atoms with Crippen LogP contribution in [0.15, 0.2) is 24.3 Å². The predicted octanol–water partition coefficient (Wildman–Crippen LogP) is 2.89. The fourth-order valence-electron chi connectivity index (χ4n) is 2.43. The quantitative estimate of drug-likeness (QED) is 0.443. The molecule has 1 aromatic rings. The maximum atomic E-state index is 5.62. The third kappa shape index (κ3) is 3.31. The van der Waals surface area contributed by atoms with Gasteiger partial charge >= 0.3 is 0 Å². The molecular weight excluding hydrogens is 224 g/mol. The third-order valence-corrected chi connectivity index (χ3v) is 3.87. The van der Waals surface area contributed by atoms with Crippen LogP contribution >= 0.6 is 0 Å². The van der Waals surface area contributed by atoms with E-state index in [1.807, 2.05) is 6.92 Å². The van der Waals surface area contributed by atoms with Gasteiger partial charge in [0.05, 0.1) is 0 Å². The summed E-state index contributed by atoms with van der Waals surface area (Å²) in [6.07, 6.45) is 4.99. The maximum Gasteiger partial charge on any atom is 0.0484 e. The zero-order valence-corrected chi connectivity index (χ0v) is 11.2. The molecule has 1 aliphatic rings. The standard InChI is InChI=1S/C15H24N2O/c1-2-18-11-10-15(17-16)14-8-6-13(7-9-14)12-4-3-5-12/h6-9,12,15,17H,2-5,10-11,16H2,1H3. The molecule has 18 heavy (non-hydrogen) atoms. The zero-order chi connectivity index (χ0) is 12.8. The van der Waals surface area contributed by atoms with E-state index in [-0.39, 0.29) is 6.04 Å². The Morgan fingerprint density at radius 2 is 2.06 bits per heavy atom. The van der Waals surface area contributed by atoms with E-state index in [0.29, 0.717) is 0 Å². The Labute approximate surface area is 110 Å². The molecule has 1 aliphatic carbocycles. The Morgan fingerprint density at radius 3 is 2.56 bits per heavy atom. The number of hydrazine groups is 1. The Hall–Kier alpha value is -0.900. The van der Waals surface area contributed by atoms with E-state index in [2.05, 4.69) is 29.7 Å². The number of rotatable bonds is 7. The predicted molar refractivity (Wildman–Crippen MR) is 74.2 cm³/mol. The highest BCUT2D eigenvalue weighted by atomic mass is 16.5. The van der Waals surface area contributed by atoms with Gasteiger partial charge in [0.15, 0.2) is 0 Å². The first-order chi connectivity index (χ1) is 8.85. The van der Waals surface area contributed by atoms with E-state index in [0.717, 1.165) is 25.6 Å². The molecule has 3 nitrogen and oxygen atoms in total. The summed E-state index contributed by atoms with van der Waals surface area (Å²) in [4.78, 5) is 0. The molecule has 1 atom stereocenters. The normalized spacial score (nSPS) is 17.4. The Bertz CT molecular complexity index is 346. The number of hydrogen-bond acceptors (Lipinski definition) is 3. The first-order valence-electron chi connectivity index (χ1n) is 6.99.